The lowest BCUT2D eigenvalue weighted by Crippen LogP contribution is -2.20. The number of hydrogen-bond acceptors (Lipinski definition) is 3. The number of nitrogens with one attached hydrogen (secondary N) is 1. The second-order valence-electron chi connectivity index (χ2n) is 3.28. The second-order valence-corrected chi connectivity index (χ2v) is 3.28. The van der Waals surface area contributed by atoms with Gasteiger partial charge in [0.1, 0.15) is 0 Å². The number of ether oxygens (including phenoxy) is 1. The SMILES string of the molecule is CCCOCCNOCc1ccccc1. The van der Waals surface area contributed by atoms with Crippen LogP contribution in [0.15, 0.2) is 30.3 Å². The highest BCUT2D eigenvalue weighted by atomic mass is 16.6. The smallest absolute Gasteiger partial charge is 0.0933 e. The van der Waals surface area contributed by atoms with Crippen molar-refractivity contribution >= 4 is 0 Å². The fourth-order valence-electron chi connectivity index (χ4n) is 1.14. The van der Waals surface area contributed by atoms with Crippen LogP contribution in [0.5, 0.6) is 0 Å². The van der Waals surface area contributed by atoms with E-state index in [1.54, 1.807) is 0 Å². The Morgan fingerprint density at radius 3 is 2.67 bits per heavy atom. The molecule has 0 bridgehead atoms. The molecule has 0 spiro atoms. The third-order valence-electron chi connectivity index (χ3n) is 1.88. The van der Waals surface area contributed by atoms with Crippen molar-refractivity contribution in [3.05, 3.63) is 35.9 Å². The van der Waals surface area contributed by atoms with Crippen molar-refractivity contribution in [2.45, 2.75) is 20.0 Å². The molecule has 3 heteroatoms. The summed E-state index contributed by atoms with van der Waals surface area (Å²) in [5.74, 6) is 0. The maximum Gasteiger partial charge on any atom is 0.0933 e. The minimum atomic E-state index is 0.592. The summed E-state index contributed by atoms with van der Waals surface area (Å²) in [6.07, 6.45) is 1.06. The third-order valence-corrected chi connectivity index (χ3v) is 1.88. The summed E-state index contributed by atoms with van der Waals surface area (Å²) in [6.45, 7) is 4.93. The number of hydrogen-bond donors (Lipinski definition) is 1. The Bertz CT molecular complexity index is 239. The molecule has 3 nitrogen and oxygen atoms in total. The van der Waals surface area contributed by atoms with Gasteiger partial charge < -0.3 is 4.74 Å². The number of benzene rings is 1. The monoisotopic (exact) mass is 209 g/mol. The standard InChI is InChI=1S/C12H19NO2/c1-2-9-14-10-8-13-15-11-12-6-4-3-5-7-12/h3-7,13H,2,8-11H2,1H3. The van der Waals surface area contributed by atoms with Crippen LogP contribution >= 0.6 is 0 Å². The van der Waals surface area contributed by atoms with Gasteiger partial charge in [0, 0.05) is 13.2 Å². The molecule has 0 heterocycles. The van der Waals surface area contributed by atoms with Crippen LogP contribution in [0.1, 0.15) is 18.9 Å². The molecule has 1 rings (SSSR count). The van der Waals surface area contributed by atoms with E-state index in [0.29, 0.717) is 13.2 Å². The second kappa shape index (κ2) is 8.41. The molecule has 0 fully saturated rings. The van der Waals surface area contributed by atoms with Crippen LogP contribution in [0.25, 0.3) is 0 Å². The van der Waals surface area contributed by atoms with Crippen molar-refractivity contribution in [2.24, 2.45) is 0 Å². The fourth-order valence-corrected chi connectivity index (χ4v) is 1.14. The van der Waals surface area contributed by atoms with Gasteiger partial charge in [-0.25, -0.2) is 0 Å². The minimum absolute atomic E-state index is 0.592. The van der Waals surface area contributed by atoms with Gasteiger partial charge in [-0.1, -0.05) is 37.3 Å². The van der Waals surface area contributed by atoms with Crippen molar-refractivity contribution in [3.8, 4) is 0 Å². The molecule has 15 heavy (non-hydrogen) atoms. The van der Waals surface area contributed by atoms with Gasteiger partial charge in [0.2, 0.25) is 0 Å². The average Bonchev–Trinajstić information content (AvgIpc) is 2.29. The first-order valence-corrected chi connectivity index (χ1v) is 5.40. The van der Waals surface area contributed by atoms with E-state index >= 15 is 0 Å². The average molecular weight is 209 g/mol. The minimum Gasteiger partial charge on any atom is -0.380 e. The van der Waals surface area contributed by atoms with E-state index in [9.17, 15) is 0 Å². The molecule has 0 radical (unpaired) electrons. The molecule has 0 aliphatic carbocycles. The predicted molar refractivity (Wildman–Crippen MR) is 60.3 cm³/mol. The van der Waals surface area contributed by atoms with E-state index in [1.807, 2.05) is 30.3 Å². The van der Waals surface area contributed by atoms with Crippen molar-refractivity contribution in [3.63, 3.8) is 0 Å². The van der Waals surface area contributed by atoms with E-state index in [-0.39, 0.29) is 0 Å². The Labute approximate surface area is 91.4 Å². The number of rotatable bonds is 8. The largest absolute Gasteiger partial charge is 0.380 e. The summed E-state index contributed by atoms with van der Waals surface area (Å²) in [5, 5.41) is 0. The zero-order valence-electron chi connectivity index (χ0n) is 9.24. The van der Waals surface area contributed by atoms with Crippen LogP contribution in [-0.2, 0) is 16.2 Å². The van der Waals surface area contributed by atoms with Crippen LogP contribution in [0.4, 0.5) is 0 Å². The quantitative estimate of drug-likeness (QED) is 0.525. The fraction of sp³-hybridized carbons (Fsp3) is 0.500. The van der Waals surface area contributed by atoms with E-state index in [2.05, 4.69) is 12.4 Å². The normalized spacial score (nSPS) is 10.5. The number of hydroxylamine groups is 1. The summed E-state index contributed by atoms with van der Waals surface area (Å²) in [7, 11) is 0. The van der Waals surface area contributed by atoms with Crippen LogP contribution in [0, 0.1) is 0 Å². The molecular formula is C12H19NO2. The van der Waals surface area contributed by atoms with Gasteiger partial charge in [0.15, 0.2) is 0 Å². The van der Waals surface area contributed by atoms with Gasteiger partial charge in [-0.15, -0.1) is 0 Å². The molecule has 0 aliphatic heterocycles. The lowest BCUT2D eigenvalue weighted by molar-refractivity contribution is 0.00960. The molecule has 1 aromatic rings. The van der Waals surface area contributed by atoms with Crippen LogP contribution < -0.4 is 5.48 Å². The Hall–Kier alpha value is -0.900. The zero-order valence-corrected chi connectivity index (χ0v) is 9.24. The van der Waals surface area contributed by atoms with Gasteiger partial charge in [-0.05, 0) is 12.0 Å². The zero-order chi connectivity index (χ0) is 10.8. The first-order chi connectivity index (χ1) is 7.43. The summed E-state index contributed by atoms with van der Waals surface area (Å²) >= 11 is 0. The molecular weight excluding hydrogens is 190 g/mol. The molecule has 0 aliphatic rings. The van der Waals surface area contributed by atoms with Gasteiger partial charge in [0.25, 0.3) is 0 Å². The molecule has 84 valence electrons. The van der Waals surface area contributed by atoms with Gasteiger partial charge in [-0.3, -0.25) is 4.84 Å². The molecule has 0 aromatic heterocycles. The lowest BCUT2D eigenvalue weighted by Gasteiger charge is -2.06. The van der Waals surface area contributed by atoms with Crippen LogP contribution in [0.2, 0.25) is 0 Å². The highest BCUT2D eigenvalue weighted by Gasteiger charge is 1.91. The van der Waals surface area contributed by atoms with Gasteiger partial charge in [-0.2, -0.15) is 5.48 Å². The first kappa shape index (κ1) is 12.2. The summed E-state index contributed by atoms with van der Waals surface area (Å²) in [5.41, 5.74) is 4.03. The maximum absolute atomic E-state index is 5.29. The van der Waals surface area contributed by atoms with Crippen molar-refractivity contribution in [1.29, 1.82) is 0 Å². The topological polar surface area (TPSA) is 30.5 Å². The van der Waals surface area contributed by atoms with Crippen molar-refractivity contribution in [1.82, 2.24) is 5.48 Å². The third kappa shape index (κ3) is 6.23. The van der Waals surface area contributed by atoms with Crippen molar-refractivity contribution in [2.75, 3.05) is 19.8 Å². The van der Waals surface area contributed by atoms with E-state index in [1.165, 1.54) is 5.56 Å². The summed E-state index contributed by atoms with van der Waals surface area (Å²) < 4.78 is 5.29. The summed E-state index contributed by atoms with van der Waals surface area (Å²) in [6, 6.07) is 10.1. The molecule has 0 amide bonds. The molecule has 1 aromatic carbocycles. The Balaban J connectivity index is 1.93. The molecule has 0 saturated heterocycles. The Kier molecular flexibility index (Phi) is 6.83. The molecule has 0 saturated carbocycles. The molecule has 1 N–H and O–H groups in total. The van der Waals surface area contributed by atoms with E-state index < -0.39 is 0 Å². The highest BCUT2D eigenvalue weighted by molar-refractivity contribution is 5.13. The highest BCUT2D eigenvalue weighted by Crippen LogP contribution is 1.98. The Morgan fingerprint density at radius 1 is 1.13 bits per heavy atom. The van der Waals surface area contributed by atoms with E-state index in [0.717, 1.165) is 19.6 Å². The molecule has 0 unspecified atom stereocenters. The summed E-state index contributed by atoms with van der Waals surface area (Å²) in [4.78, 5) is 5.27. The molecule has 0 atom stereocenters. The maximum atomic E-state index is 5.29. The van der Waals surface area contributed by atoms with Crippen LogP contribution in [-0.4, -0.2) is 19.8 Å². The van der Waals surface area contributed by atoms with Gasteiger partial charge >= 0.3 is 0 Å². The van der Waals surface area contributed by atoms with Crippen molar-refractivity contribution < 1.29 is 9.57 Å². The Morgan fingerprint density at radius 2 is 1.93 bits per heavy atom. The predicted octanol–water partition coefficient (Wildman–Crippen LogP) is 2.13. The van der Waals surface area contributed by atoms with Gasteiger partial charge in [0.05, 0.1) is 13.2 Å². The van der Waals surface area contributed by atoms with Crippen LogP contribution in [0.3, 0.4) is 0 Å². The first-order valence-electron chi connectivity index (χ1n) is 5.40. The van der Waals surface area contributed by atoms with E-state index in [4.69, 9.17) is 9.57 Å². The lowest BCUT2D eigenvalue weighted by atomic mass is 10.2.